The van der Waals surface area contributed by atoms with Crippen LogP contribution >= 0.6 is 23.8 Å². The molecular formula is C12H16ClN5OS. The molecule has 1 aliphatic heterocycles. The van der Waals surface area contributed by atoms with Crippen molar-refractivity contribution in [1.82, 2.24) is 24.5 Å². The molecule has 0 spiro atoms. The number of aromatic amines is 1. The second-order valence-electron chi connectivity index (χ2n) is 4.78. The van der Waals surface area contributed by atoms with E-state index >= 15 is 0 Å². The molecule has 0 amide bonds. The van der Waals surface area contributed by atoms with Crippen LogP contribution in [-0.4, -0.2) is 37.3 Å². The number of hydrogen-bond donors (Lipinski definition) is 1. The van der Waals surface area contributed by atoms with Crippen molar-refractivity contribution >= 4 is 23.8 Å². The average Bonchev–Trinajstić information content (AvgIpc) is 3.13. The second-order valence-corrected chi connectivity index (χ2v) is 5.57. The summed E-state index contributed by atoms with van der Waals surface area (Å²) in [5.41, 5.74) is 0.652. The highest BCUT2D eigenvalue weighted by atomic mass is 35.5. The molecule has 0 saturated carbocycles. The van der Waals surface area contributed by atoms with E-state index in [0.29, 0.717) is 27.9 Å². The van der Waals surface area contributed by atoms with Gasteiger partial charge in [0, 0.05) is 19.3 Å². The smallest absolute Gasteiger partial charge is 0.195 e. The van der Waals surface area contributed by atoms with Gasteiger partial charge in [0.15, 0.2) is 10.6 Å². The molecule has 1 aliphatic rings. The molecule has 108 valence electrons. The maximum absolute atomic E-state index is 6.24. The van der Waals surface area contributed by atoms with Gasteiger partial charge in [-0.05, 0) is 32.0 Å². The Bertz CT molecular complexity index is 655. The molecule has 8 heteroatoms. The maximum Gasteiger partial charge on any atom is 0.195 e. The lowest BCUT2D eigenvalue weighted by Gasteiger charge is -2.11. The molecule has 2 aromatic rings. The summed E-state index contributed by atoms with van der Waals surface area (Å²) in [5.74, 6) is 0.669. The monoisotopic (exact) mass is 313 g/mol. The first-order valence-corrected chi connectivity index (χ1v) is 7.47. The van der Waals surface area contributed by atoms with Crippen LogP contribution in [0.1, 0.15) is 19.8 Å². The zero-order valence-corrected chi connectivity index (χ0v) is 12.7. The van der Waals surface area contributed by atoms with Crippen molar-refractivity contribution in [3.05, 3.63) is 16.0 Å². The van der Waals surface area contributed by atoms with E-state index in [2.05, 4.69) is 15.3 Å². The lowest BCUT2D eigenvalue weighted by Crippen LogP contribution is -2.16. The Labute approximate surface area is 126 Å². The van der Waals surface area contributed by atoms with E-state index in [1.165, 1.54) is 0 Å². The van der Waals surface area contributed by atoms with E-state index in [1.54, 1.807) is 10.9 Å². The Hall–Kier alpha value is -1.18. The Morgan fingerprint density at radius 2 is 2.45 bits per heavy atom. The van der Waals surface area contributed by atoms with Crippen molar-refractivity contribution in [2.75, 3.05) is 6.61 Å². The maximum atomic E-state index is 6.24. The molecule has 3 heterocycles. The predicted octanol–water partition coefficient (Wildman–Crippen LogP) is 2.66. The Balaban J connectivity index is 1.96. The van der Waals surface area contributed by atoms with E-state index < -0.39 is 0 Å². The molecular weight excluding hydrogens is 298 g/mol. The molecule has 0 aromatic carbocycles. The van der Waals surface area contributed by atoms with Crippen LogP contribution < -0.4 is 0 Å². The number of aryl methyl sites for hydroxylation is 1. The van der Waals surface area contributed by atoms with Crippen LogP contribution in [0.4, 0.5) is 0 Å². The average molecular weight is 314 g/mol. The highest BCUT2D eigenvalue weighted by Crippen LogP contribution is 2.26. The number of nitrogens with zero attached hydrogens (tertiary/aromatic N) is 4. The van der Waals surface area contributed by atoms with Crippen molar-refractivity contribution in [3.63, 3.8) is 0 Å². The van der Waals surface area contributed by atoms with Gasteiger partial charge in [-0.1, -0.05) is 11.6 Å². The Morgan fingerprint density at radius 3 is 3.10 bits per heavy atom. The van der Waals surface area contributed by atoms with Gasteiger partial charge in [0.05, 0.1) is 17.7 Å². The summed E-state index contributed by atoms with van der Waals surface area (Å²) in [6.07, 6.45) is 4.12. The highest BCUT2D eigenvalue weighted by molar-refractivity contribution is 7.71. The number of rotatable bonds is 4. The van der Waals surface area contributed by atoms with E-state index in [9.17, 15) is 0 Å². The van der Waals surface area contributed by atoms with Gasteiger partial charge in [-0.2, -0.15) is 10.2 Å². The standard InChI is InChI=1S/C12H16ClN5OS/c1-2-17-7-9(13)10(16-17)11-14-15-12(20)18(11)6-8-4-3-5-19-8/h7-8H,2-6H2,1H3,(H,15,20). The minimum absolute atomic E-state index is 0.185. The van der Waals surface area contributed by atoms with Gasteiger partial charge in [0.25, 0.3) is 0 Å². The Morgan fingerprint density at radius 1 is 1.60 bits per heavy atom. The summed E-state index contributed by atoms with van der Waals surface area (Å²) in [7, 11) is 0. The fourth-order valence-corrected chi connectivity index (χ4v) is 2.81. The van der Waals surface area contributed by atoms with Crippen LogP contribution in [0, 0.1) is 4.77 Å². The molecule has 0 radical (unpaired) electrons. The number of nitrogens with one attached hydrogen (secondary N) is 1. The molecule has 1 unspecified atom stereocenters. The fourth-order valence-electron chi connectivity index (χ4n) is 2.37. The van der Waals surface area contributed by atoms with Crippen molar-refractivity contribution < 1.29 is 4.74 Å². The summed E-state index contributed by atoms with van der Waals surface area (Å²) in [6, 6.07) is 0. The topological polar surface area (TPSA) is 60.7 Å². The third-order valence-corrected chi connectivity index (χ3v) is 4.01. The second kappa shape index (κ2) is 5.67. The first-order chi connectivity index (χ1) is 9.69. The zero-order chi connectivity index (χ0) is 14.1. The van der Waals surface area contributed by atoms with Gasteiger partial charge in [-0.25, -0.2) is 0 Å². The van der Waals surface area contributed by atoms with Crippen molar-refractivity contribution in [3.8, 4) is 11.5 Å². The summed E-state index contributed by atoms with van der Waals surface area (Å²) < 4.78 is 9.93. The van der Waals surface area contributed by atoms with Crippen LogP contribution in [0.5, 0.6) is 0 Å². The third kappa shape index (κ3) is 2.53. The van der Waals surface area contributed by atoms with Crippen molar-refractivity contribution in [2.24, 2.45) is 0 Å². The lowest BCUT2D eigenvalue weighted by atomic mass is 10.2. The Kier molecular flexibility index (Phi) is 3.91. The SMILES string of the molecule is CCn1cc(Cl)c(-c2n[nH]c(=S)n2CC2CCCO2)n1. The minimum atomic E-state index is 0.185. The summed E-state index contributed by atoms with van der Waals surface area (Å²) in [4.78, 5) is 0. The quantitative estimate of drug-likeness (QED) is 0.882. The third-order valence-electron chi connectivity index (χ3n) is 3.42. The van der Waals surface area contributed by atoms with Crippen LogP contribution in [-0.2, 0) is 17.8 Å². The zero-order valence-electron chi connectivity index (χ0n) is 11.2. The van der Waals surface area contributed by atoms with Crippen molar-refractivity contribution in [2.45, 2.75) is 39.0 Å². The molecule has 0 aliphatic carbocycles. The van der Waals surface area contributed by atoms with Crippen LogP contribution in [0.2, 0.25) is 5.02 Å². The van der Waals surface area contributed by atoms with Crippen molar-refractivity contribution in [1.29, 1.82) is 0 Å². The van der Waals surface area contributed by atoms with E-state index in [-0.39, 0.29) is 6.10 Å². The van der Waals surface area contributed by atoms with Gasteiger partial charge < -0.3 is 4.74 Å². The molecule has 1 N–H and O–H groups in total. The number of hydrogen-bond acceptors (Lipinski definition) is 4. The molecule has 1 saturated heterocycles. The lowest BCUT2D eigenvalue weighted by molar-refractivity contribution is 0.0969. The number of aromatic nitrogens is 5. The van der Waals surface area contributed by atoms with Crippen LogP contribution in [0.15, 0.2) is 6.20 Å². The molecule has 6 nitrogen and oxygen atoms in total. The van der Waals surface area contributed by atoms with Gasteiger partial charge in [-0.3, -0.25) is 14.3 Å². The first kappa shape index (κ1) is 13.8. The minimum Gasteiger partial charge on any atom is -0.376 e. The predicted molar refractivity (Wildman–Crippen MR) is 78.3 cm³/mol. The van der Waals surface area contributed by atoms with Gasteiger partial charge in [0.2, 0.25) is 0 Å². The molecule has 2 aromatic heterocycles. The molecule has 1 fully saturated rings. The first-order valence-electron chi connectivity index (χ1n) is 6.69. The molecule has 0 bridgehead atoms. The van der Waals surface area contributed by atoms with E-state index in [4.69, 9.17) is 28.6 Å². The summed E-state index contributed by atoms with van der Waals surface area (Å²) >= 11 is 11.5. The molecule has 1 atom stereocenters. The summed E-state index contributed by atoms with van der Waals surface area (Å²) in [6.45, 7) is 4.27. The molecule has 20 heavy (non-hydrogen) atoms. The van der Waals surface area contributed by atoms with Gasteiger partial charge >= 0.3 is 0 Å². The summed E-state index contributed by atoms with van der Waals surface area (Å²) in [5, 5.41) is 12.1. The fraction of sp³-hybridized carbons (Fsp3) is 0.583. The van der Waals surface area contributed by atoms with Crippen LogP contribution in [0.25, 0.3) is 11.5 Å². The normalized spacial score (nSPS) is 18.8. The van der Waals surface area contributed by atoms with Crippen LogP contribution in [0.3, 0.4) is 0 Å². The van der Waals surface area contributed by atoms with E-state index in [0.717, 1.165) is 26.0 Å². The number of ether oxygens (including phenoxy) is 1. The number of halogens is 1. The molecule has 3 rings (SSSR count). The van der Waals surface area contributed by atoms with E-state index in [1.807, 2.05) is 11.5 Å². The number of H-pyrrole nitrogens is 1. The largest absolute Gasteiger partial charge is 0.376 e. The van der Waals surface area contributed by atoms with Gasteiger partial charge in [0.1, 0.15) is 5.69 Å². The highest BCUT2D eigenvalue weighted by Gasteiger charge is 2.21. The van der Waals surface area contributed by atoms with Gasteiger partial charge in [-0.15, -0.1) is 0 Å².